The molecule has 2 aromatic heterocycles. The molecule has 3 aromatic rings. The molecule has 170 valence electrons. The summed E-state index contributed by atoms with van der Waals surface area (Å²) < 4.78 is 57.2. The molecule has 0 saturated carbocycles. The molecule has 1 unspecified atom stereocenters. The SMILES string of the molecule is O=S(=O)(Nc1cnc2[nH]nc(N3CCCC3c3cc(F)ccc3F)c2c1)N1CC[C@H](O)C1. The van der Waals surface area contributed by atoms with Crippen LogP contribution in [0.1, 0.15) is 30.9 Å². The van der Waals surface area contributed by atoms with Gasteiger partial charge in [-0.25, -0.2) is 13.8 Å². The smallest absolute Gasteiger partial charge is 0.301 e. The van der Waals surface area contributed by atoms with Crippen molar-refractivity contribution in [2.75, 3.05) is 29.3 Å². The lowest BCUT2D eigenvalue weighted by Gasteiger charge is -2.25. The first-order valence-corrected chi connectivity index (χ1v) is 11.8. The number of pyridine rings is 1. The maximum absolute atomic E-state index is 14.4. The number of hydrogen-bond donors (Lipinski definition) is 3. The molecule has 2 aliphatic heterocycles. The number of nitrogens with zero attached hydrogens (tertiary/aromatic N) is 4. The maximum Gasteiger partial charge on any atom is 0.301 e. The summed E-state index contributed by atoms with van der Waals surface area (Å²) in [6, 6.07) is 4.62. The Morgan fingerprint density at radius 2 is 2.03 bits per heavy atom. The number of H-pyrrole nitrogens is 1. The molecule has 0 amide bonds. The third-order valence-electron chi connectivity index (χ3n) is 5.95. The summed E-state index contributed by atoms with van der Waals surface area (Å²) in [5.41, 5.74) is 0.954. The van der Waals surface area contributed by atoms with E-state index in [0.29, 0.717) is 36.2 Å². The van der Waals surface area contributed by atoms with Crippen LogP contribution >= 0.6 is 0 Å². The van der Waals surface area contributed by atoms with Crippen LogP contribution in [0.5, 0.6) is 0 Å². The third-order valence-corrected chi connectivity index (χ3v) is 7.46. The van der Waals surface area contributed by atoms with E-state index in [-0.39, 0.29) is 24.3 Å². The van der Waals surface area contributed by atoms with Crippen molar-refractivity contribution >= 4 is 32.7 Å². The van der Waals surface area contributed by atoms with Gasteiger partial charge >= 0.3 is 10.2 Å². The van der Waals surface area contributed by atoms with Crippen LogP contribution in [0.2, 0.25) is 0 Å². The molecule has 3 N–H and O–H groups in total. The zero-order chi connectivity index (χ0) is 22.5. The largest absolute Gasteiger partial charge is 0.392 e. The van der Waals surface area contributed by atoms with Crippen molar-refractivity contribution in [3.05, 3.63) is 47.7 Å². The number of hydrogen-bond acceptors (Lipinski definition) is 6. The third kappa shape index (κ3) is 3.78. The number of aliphatic hydroxyl groups excluding tert-OH is 1. The van der Waals surface area contributed by atoms with Gasteiger partial charge in [0, 0.05) is 25.2 Å². The van der Waals surface area contributed by atoms with Crippen molar-refractivity contribution in [3.63, 3.8) is 0 Å². The average molecular weight is 464 g/mol. The zero-order valence-corrected chi connectivity index (χ0v) is 17.8. The number of aromatic amines is 1. The van der Waals surface area contributed by atoms with E-state index in [1.165, 1.54) is 16.6 Å². The lowest BCUT2D eigenvalue weighted by Crippen LogP contribution is -2.34. The number of rotatable bonds is 5. The standard InChI is InChI=1S/C20H22F2N6O3S/c21-12-3-4-17(22)15(8-12)18-2-1-6-28(18)20-16-9-13(10-23-19(16)24-25-20)26-32(30,31)27-7-5-14(29)11-27/h3-4,8-10,14,18,26,29H,1-2,5-7,11H2,(H,23,24,25)/t14-,18?/m0/s1. The Morgan fingerprint density at radius 1 is 1.19 bits per heavy atom. The molecule has 2 aliphatic rings. The highest BCUT2D eigenvalue weighted by atomic mass is 32.2. The van der Waals surface area contributed by atoms with E-state index in [1.807, 2.05) is 4.90 Å². The summed E-state index contributed by atoms with van der Waals surface area (Å²) in [5.74, 6) is -0.496. The van der Waals surface area contributed by atoms with E-state index in [9.17, 15) is 22.3 Å². The van der Waals surface area contributed by atoms with Gasteiger partial charge < -0.3 is 10.0 Å². The van der Waals surface area contributed by atoms with E-state index in [1.54, 1.807) is 6.07 Å². The lowest BCUT2D eigenvalue weighted by molar-refractivity contribution is 0.189. The summed E-state index contributed by atoms with van der Waals surface area (Å²) >= 11 is 0. The Kier molecular flexibility index (Phi) is 5.22. The normalized spacial score (nSPS) is 22.2. The quantitative estimate of drug-likeness (QED) is 0.534. The van der Waals surface area contributed by atoms with Gasteiger partial charge in [-0.05, 0) is 43.5 Å². The molecule has 0 spiro atoms. The van der Waals surface area contributed by atoms with Crippen LogP contribution in [0.4, 0.5) is 20.3 Å². The van der Waals surface area contributed by atoms with Gasteiger partial charge in [-0.2, -0.15) is 17.8 Å². The Labute approximate surface area is 183 Å². The number of anilines is 2. The highest BCUT2D eigenvalue weighted by Crippen LogP contribution is 2.39. The van der Waals surface area contributed by atoms with Gasteiger partial charge in [0.05, 0.1) is 29.4 Å². The molecule has 0 aliphatic carbocycles. The molecule has 32 heavy (non-hydrogen) atoms. The van der Waals surface area contributed by atoms with Gasteiger partial charge in [-0.1, -0.05) is 0 Å². The van der Waals surface area contributed by atoms with E-state index in [2.05, 4.69) is 19.9 Å². The number of β-amino-alcohol motifs (C(OH)–C–C–N with tert-alkyl or cyclic N) is 1. The van der Waals surface area contributed by atoms with E-state index >= 15 is 0 Å². The topological polar surface area (TPSA) is 114 Å². The Bertz CT molecular complexity index is 1270. The van der Waals surface area contributed by atoms with Gasteiger partial charge in [-0.15, -0.1) is 0 Å². The fraction of sp³-hybridized carbons (Fsp3) is 0.400. The van der Waals surface area contributed by atoms with Crippen LogP contribution in [0, 0.1) is 11.6 Å². The van der Waals surface area contributed by atoms with Crippen molar-refractivity contribution in [3.8, 4) is 0 Å². The molecule has 1 aromatic carbocycles. The van der Waals surface area contributed by atoms with Crippen LogP contribution in [-0.2, 0) is 10.2 Å². The minimum absolute atomic E-state index is 0.0383. The molecular formula is C20H22F2N6O3S. The Morgan fingerprint density at radius 3 is 2.81 bits per heavy atom. The molecule has 2 saturated heterocycles. The Balaban J connectivity index is 1.47. The van der Waals surface area contributed by atoms with Crippen LogP contribution in [0.25, 0.3) is 11.0 Å². The molecule has 0 radical (unpaired) electrons. The van der Waals surface area contributed by atoms with Gasteiger partial charge in [0.1, 0.15) is 11.6 Å². The molecule has 0 bridgehead atoms. The van der Waals surface area contributed by atoms with Crippen molar-refractivity contribution in [1.82, 2.24) is 19.5 Å². The van der Waals surface area contributed by atoms with Crippen molar-refractivity contribution in [2.24, 2.45) is 0 Å². The first-order chi connectivity index (χ1) is 15.3. The summed E-state index contributed by atoms with van der Waals surface area (Å²) in [6.07, 6.45) is 2.49. The average Bonchev–Trinajstić information content (AvgIpc) is 3.48. The number of nitrogens with one attached hydrogen (secondary N) is 2. The van der Waals surface area contributed by atoms with Crippen molar-refractivity contribution in [2.45, 2.75) is 31.4 Å². The second kappa shape index (κ2) is 7.94. The maximum atomic E-state index is 14.4. The summed E-state index contributed by atoms with van der Waals surface area (Å²) in [6.45, 7) is 0.858. The van der Waals surface area contributed by atoms with Crippen molar-refractivity contribution in [1.29, 1.82) is 0 Å². The van der Waals surface area contributed by atoms with E-state index in [4.69, 9.17) is 0 Å². The molecule has 2 atom stereocenters. The van der Waals surface area contributed by atoms with Gasteiger partial charge in [0.2, 0.25) is 0 Å². The molecule has 12 heteroatoms. The first kappa shape index (κ1) is 21.0. The highest BCUT2D eigenvalue weighted by Gasteiger charge is 2.33. The fourth-order valence-electron chi connectivity index (χ4n) is 4.42. The predicted molar refractivity (Wildman–Crippen MR) is 114 cm³/mol. The summed E-state index contributed by atoms with van der Waals surface area (Å²) in [7, 11) is -3.85. The number of fused-ring (bicyclic) bond motifs is 1. The minimum Gasteiger partial charge on any atom is -0.392 e. The highest BCUT2D eigenvalue weighted by molar-refractivity contribution is 7.90. The second-order valence-electron chi connectivity index (χ2n) is 8.09. The predicted octanol–water partition coefficient (Wildman–Crippen LogP) is 2.30. The lowest BCUT2D eigenvalue weighted by atomic mass is 10.0. The zero-order valence-electron chi connectivity index (χ0n) is 17.0. The molecule has 4 heterocycles. The van der Waals surface area contributed by atoms with Crippen LogP contribution in [0.3, 0.4) is 0 Å². The monoisotopic (exact) mass is 464 g/mol. The Hall–Kier alpha value is -2.83. The van der Waals surface area contributed by atoms with Crippen LogP contribution < -0.4 is 9.62 Å². The minimum atomic E-state index is -3.85. The van der Waals surface area contributed by atoms with Gasteiger partial charge in [0.15, 0.2) is 11.5 Å². The molecular weight excluding hydrogens is 442 g/mol. The second-order valence-corrected chi connectivity index (χ2v) is 9.76. The molecule has 9 nitrogen and oxygen atoms in total. The van der Waals surface area contributed by atoms with E-state index in [0.717, 1.165) is 18.6 Å². The summed E-state index contributed by atoms with van der Waals surface area (Å²) in [4.78, 5) is 6.14. The summed E-state index contributed by atoms with van der Waals surface area (Å²) in [5, 5.41) is 17.4. The number of benzene rings is 1. The van der Waals surface area contributed by atoms with Crippen molar-refractivity contribution < 1.29 is 22.3 Å². The number of aliphatic hydroxyl groups is 1. The van der Waals surface area contributed by atoms with Gasteiger partial charge in [-0.3, -0.25) is 9.82 Å². The fourth-order valence-corrected chi connectivity index (χ4v) is 5.67. The number of halogens is 2. The molecule has 2 fully saturated rings. The van der Waals surface area contributed by atoms with Crippen LogP contribution in [-0.4, -0.2) is 58.7 Å². The number of aromatic nitrogens is 3. The molecule has 5 rings (SSSR count). The van der Waals surface area contributed by atoms with Gasteiger partial charge in [0.25, 0.3) is 0 Å². The van der Waals surface area contributed by atoms with E-state index < -0.39 is 34.0 Å². The van der Waals surface area contributed by atoms with Crippen LogP contribution in [0.15, 0.2) is 30.5 Å². The first-order valence-electron chi connectivity index (χ1n) is 10.3.